The molecule has 0 saturated carbocycles. The first kappa shape index (κ1) is 25.9. The molecular formula is C29H28FNO6. The number of amides is 1. The average Bonchev–Trinajstić information content (AvgIpc) is 3.17. The summed E-state index contributed by atoms with van der Waals surface area (Å²) in [5, 5.41) is 11.1. The number of nitrogens with zero attached hydrogens (tertiary/aromatic N) is 1. The van der Waals surface area contributed by atoms with Gasteiger partial charge in [0.1, 0.15) is 18.2 Å². The number of halogens is 1. The number of methoxy groups -OCH3 is 1. The molecule has 0 bridgehead atoms. The zero-order valence-corrected chi connectivity index (χ0v) is 20.6. The summed E-state index contributed by atoms with van der Waals surface area (Å²) in [6.45, 7) is 2.85. The molecule has 1 atom stereocenters. The van der Waals surface area contributed by atoms with Crippen molar-refractivity contribution in [3.8, 4) is 11.5 Å². The molecule has 1 N–H and O–H groups in total. The van der Waals surface area contributed by atoms with E-state index in [0.29, 0.717) is 30.3 Å². The maximum Gasteiger partial charge on any atom is 0.295 e. The summed E-state index contributed by atoms with van der Waals surface area (Å²) >= 11 is 0. The van der Waals surface area contributed by atoms with E-state index in [2.05, 4.69) is 0 Å². The van der Waals surface area contributed by atoms with Crippen LogP contribution in [0.25, 0.3) is 5.76 Å². The minimum Gasteiger partial charge on any atom is -0.507 e. The fourth-order valence-electron chi connectivity index (χ4n) is 4.23. The number of carbonyl (C=O) groups is 2. The Morgan fingerprint density at radius 2 is 1.70 bits per heavy atom. The number of ketones is 1. The Morgan fingerprint density at radius 3 is 2.38 bits per heavy atom. The third-order valence-electron chi connectivity index (χ3n) is 6.01. The summed E-state index contributed by atoms with van der Waals surface area (Å²) in [5.41, 5.74) is 1.67. The van der Waals surface area contributed by atoms with Crippen molar-refractivity contribution in [1.29, 1.82) is 0 Å². The van der Waals surface area contributed by atoms with Crippen molar-refractivity contribution < 1.29 is 33.3 Å². The number of benzene rings is 3. The van der Waals surface area contributed by atoms with Gasteiger partial charge in [0.2, 0.25) is 0 Å². The van der Waals surface area contributed by atoms with Gasteiger partial charge in [0.25, 0.3) is 11.7 Å². The highest BCUT2D eigenvalue weighted by atomic mass is 19.1. The number of hydrogen-bond donors (Lipinski definition) is 1. The number of ether oxygens (including phenoxy) is 3. The summed E-state index contributed by atoms with van der Waals surface area (Å²) in [4.78, 5) is 27.5. The molecule has 37 heavy (non-hydrogen) atoms. The van der Waals surface area contributed by atoms with E-state index in [4.69, 9.17) is 14.2 Å². The van der Waals surface area contributed by atoms with Gasteiger partial charge in [0.15, 0.2) is 11.5 Å². The molecule has 192 valence electrons. The van der Waals surface area contributed by atoms with Crippen LogP contribution in [0, 0.1) is 5.82 Å². The van der Waals surface area contributed by atoms with Gasteiger partial charge in [0.05, 0.1) is 24.8 Å². The molecule has 3 aromatic carbocycles. The minimum absolute atomic E-state index is 0.0897. The molecule has 1 saturated heterocycles. The van der Waals surface area contributed by atoms with Crippen molar-refractivity contribution in [3.63, 3.8) is 0 Å². The van der Waals surface area contributed by atoms with Gasteiger partial charge in [-0.2, -0.15) is 0 Å². The Morgan fingerprint density at radius 1 is 0.973 bits per heavy atom. The molecule has 8 heteroatoms. The highest BCUT2D eigenvalue weighted by Crippen LogP contribution is 2.42. The summed E-state index contributed by atoms with van der Waals surface area (Å²) in [5.74, 6) is -1.51. The molecule has 3 aromatic rings. The lowest BCUT2D eigenvalue weighted by atomic mass is 9.95. The molecule has 1 aliphatic rings. The van der Waals surface area contributed by atoms with Crippen molar-refractivity contribution in [3.05, 3.63) is 101 Å². The van der Waals surface area contributed by atoms with Crippen molar-refractivity contribution in [1.82, 2.24) is 4.90 Å². The number of carbonyl (C=O) groups excluding carboxylic acids is 2. The third kappa shape index (κ3) is 5.65. The summed E-state index contributed by atoms with van der Waals surface area (Å²) in [6.07, 6.45) is 0. The number of rotatable bonds is 10. The number of aliphatic hydroxyl groups excluding tert-OH is 1. The number of likely N-dealkylation sites (tertiary alicyclic amines) is 1. The predicted molar refractivity (Wildman–Crippen MR) is 136 cm³/mol. The summed E-state index contributed by atoms with van der Waals surface area (Å²) in [6, 6.07) is 19.0. The smallest absolute Gasteiger partial charge is 0.295 e. The molecule has 1 heterocycles. The third-order valence-corrected chi connectivity index (χ3v) is 6.01. The lowest BCUT2D eigenvalue weighted by Crippen LogP contribution is -2.32. The maximum atomic E-state index is 13.5. The number of aliphatic hydroxyl groups is 1. The van der Waals surface area contributed by atoms with E-state index < -0.39 is 23.5 Å². The van der Waals surface area contributed by atoms with Crippen LogP contribution in [0.3, 0.4) is 0 Å². The first-order valence-corrected chi connectivity index (χ1v) is 11.9. The van der Waals surface area contributed by atoms with Gasteiger partial charge in [-0.15, -0.1) is 0 Å². The molecule has 0 radical (unpaired) electrons. The van der Waals surface area contributed by atoms with Crippen molar-refractivity contribution in [2.24, 2.45) is 0 Å². The first-order chi connectivity index (χ1) is 17.9. The molecule has 4 rings (SSSR count). The van der Waals surface area contributed by atoms with Gasteiger partial charge in [-0.3, -0.25) is 9.59 Å². The van der Waals surface area contributed by atoms with Crippen LogP contribution in [0.1, 0.15) is 29.7 Å². The number of hydrogen-bond acceptors (Lipinski definition) is 6. The lowest BCUT2D eigenvalue weighted by Gasteiger charge is -2.26. The first-order valence-electron chi connectivity index (χ1n) is 11.9. The van der Waals surface area contributed by atoms with E-state index in [1.165, 1.54) is 36.3 Å². The van der Waals surface area contributed by atoms with Crippen LogP contribution in [0.15, 0.2) is 78.4 Å². The van der Waals surface area contributed by atoms with Crippen LogP contribution >= 0.6 is 0 Å². The average molecular weight is 506 g/mol. The second-order valence-electron chi connectivity index (χ2n) is 8.41. The van der Waals surface area contributed by atoms with Gasteiger partial charge < -0.3 is 24.2 Å². The second-order valence-corrected chi connectivity index (χ2v) is 8.41. The normalized spacial score (nSPS) is 16.7. The number of Topliss-reactive ketones (excluding diaryl/α,β-unsaturated/α-hetero) is 1. The molecule has 0 spiro atoms. The van der Waals surface area contributed by atoms with Crippen LogP contribution in [0.2, 0.25) is 0 Å². The van der Waals surface area contributed by atoms with E-state index in [-0.39, 0.29) is 30.0 Å². The second kappa shape index (κ2) is 11.7. The molecule has 1 aliphatic heterocycles. The van der Waals surface area contributed by atoms with Crippen molar-refractivity contribution >= 4 is 17.4 Å². The predicted octanol–water partition coefficient (Wildman–Crippen LogP) is 4.87. The highest BCUT2D eigenvalue weighted by molar-refractivity contribution is 6.46. The largest absolute Gasteiger partial charge is 0.507 e. The molecular weight excluding hydrogens is 477 g/mol. The Hall–Kier alpha value is -4.17. The molecule has 0 aromatic heterocycles. The molecule has 1 amide bonds. The van der Waals surface area contributed by atoms with Crippen molar-refractivity contribution in [2.75, 3.05) is 26.9 Å². The standard InChI is InChI=1S/C29H28FNO6/c1-3-36-24-17-21(11-14-23(24)37-18-19-7-5-4-6-8-19)26-25(27(32)20-9-12-22(30)13-10-20)28(33)29(34)31(26)15-16-35-2/h4-14,17,26,32H,3,15-16,18H2,1-2H3/b27-25+. The van der Waals surface area contributed by atoms with E-state index in [1.807, 2.05) is 37.3 Å². The summed E-state index contributed by atoms with van der Waals surface area (Å²) < 4.78 is 30.4. The zero-order valence-electron chi connectivity index (χ0n) is 20.6. The van der Waals surface area contributed by atoms with E-state index >= 15 is 0 Å². The Bertz CT molecular complexity index is 1290. The Kier molecular flexibility index (Phi) is 8.20. The fraction of sp³-hybridized carbons (Fsp3) is 0.241. The Labute approximate surface area is 214 Å². The van der Waals surface area contributed by atoms with Gasteiger partial charge in [0, 0.05) is 19.2 Å². The van der Waals surface area contributed by atoms with Gasteiger partial charge in [-0.05, 0) is 54.4 Å². The maximum absolute atomic E-state index is 13.5. The fourth-order valence-corrected chi connectivity index (χ4v) is 4.23. The highest BCUT2D eigenvalue weighted by Gasteiger charge is 2.46. The van der Waals surface area contributed by atoms with Crippen molar-refractivity contribution in [2.45, 2.75) is 19.6 Å². The molecule has 0 aliphatic carbocycles. The molecule has 1 fully saturated rings. The van der Waals surface area contributed by atoms with Crippen LogP contribution in [0.4, 0.5) is 4.39 Å². The van der Waals surface area contributed by atoms with Crippen LogP contribution < -0.4 is 9.47 Å². The van der Waals surface area contributed by atoms with Gasteiger partial charge >= 0.3 is 0 Å². The van der Waals surface area contributed by atoms with Gasteiger partial charge in [-0.1, -0.05) is 36.4 Å². The van der Waals surface area contributed by atoms with E-state index in [1.54, 1.807) is 18.2 Å². The molecule has 7 nitrogen and oxygen atoms in total. The Balaban J connectivity index is 1.76. The SMILES string of the molecule is CCOc1cc(C2/C(=C(\O)c3ccc(F)cc3)C(=O)C(=O)N2CCOC)ccc1OCc1ccccc1. The van der Waals surface area contributed by atoms with Crippen LogP contribution in [-0.4, -0.2) is 48.6 Å². The zero-order chi connectivity index (χ0) is 26.4. The van der Waals surface area contributed by atoms with Gasteiger partial charge in [-0.25, -0.2) is 4.39 Å². The monoisotopic (exact) mass is 505 g/mol. The van der Waals surface area contributed by atoms with Crippen LogP contribution in [0.5, 0.6) is 11.5 Å². The molecule has 1 unspecified atom stereocenters. The topological polar surface area (TPSA) is 85.3 Å². The van der Waals surface area contributed by atoms with E-state index in [0.717, 1.165) is 5.56 Å². The minimum atomic E-state index is -0.900. The lowest BCUT2D eigenvalue weighted by molar-refractivity contribution is -0.140. The van der Waals surface area contributed by atoms with E-state index in [9.17, 15) is 19.1 Å². The van der Waals surface area contributed by atoms with Crippen LogP contribution in [-0.2, 0) is 20.9 Å². The quantitative estimate of drug-likeness (QED) is 0.240. The summed E-state index contributed by atoms with van der Waals surface area (Å²) in [7, 11) is 1.50.